The van der Waals surface area contributed by atoms with E-state index in [9.17, 15) is 4.79 Å². The summed E-state index contributed by atoms with van der Waals surface area (Å²) in [6, 6.07) is 0.132. The van der Waals surface area contributed by atoms with Gasteiger partial charge in [-0.15, -0.1) is 0 Å². The third-order valence-corrected chi connectivity index (χ3v) is 3.35. The highest BCUT2D eigenvalue weighted by molar-refractivity contribution is 7.99. The Morgan fingerprint density at radius 1 is 1.32 bits per heavy atom. The van der Waals surface area contributed by atoms with Gasteiger partial charge in [-0.05, 0) is 65.1 Å². The summed E-state index contributed by atoms with van der Waals surface area (Å²) in [5.41, 5.74) is -0.432. The van der Waals surface area contributed by atoms with Crippen molar-refractivity contribution in [2.75, 3.05) is 24.6 Å². The Bertz CT molecular complexity index is 242. The molecule has 114 valence electrons. The Kier molecular flexibility index (Phi) is 10.1. The van der Waals surface area contributed by atoms with Crippen LogP contribution in [0, 0.1) is 0 Å². The Morgan fingerprint density at radius 2 is 2.00 bits per heavy atom. The van der Waals surface area contributed by atoms with Crippen molar-refractivity contribution in [1.82, 2.24) is 10.6 Å². The summed E-state index contributed by atoms with van der Waals surface area (Å²) >= 11 is 1.97. The van der Waals surface area contributed by atoms with Gasteiger partial charge in [0, 0.05) is 6.04 Å². The molecule has 0 aliphatic heterocycles. The number of hydrogen-bond donors (Lipinski definition) is 2. The van der Waals surface area contributed by atoms with E-state index in [1.165, 1.54) is 17.9 Å². The van der Waals surface area contributed by atoms with Crippen LogP contribution in [0.3, 0.4) is 0 Å². The van der Waals surface area contributed by atoms with Crippen molar-refractivity contribution in [1.29, 1.82) is 0 Å². The van der Waals surface area contributed by atoms with Crippen molar-refractivity contribution in [3.63, 3.8) is 0 Å². The first-order valence-corrected chi connectivity index (χ1v) is 8.28. The first-order valence-electron chi connectivity index (χ1n) is 7.13. The van der Waals surface area contributed by atoms with Crippen LogP contribution in [0.1, 0.15) is 47.5 Å². The maximum Gasteiger partial charge on any atom is 0.407 e. The third kappa shape index (κ3) is 13.8. The van der Waals surface area contributed by atoms with Crippen LogP contribution in [0.2, 0.25) is 0 Å². The fraction of sp³-hybridized carbons (Fsp3) is 0.929. The van der Waals surface area contributed by atoms with Gasteiger partial charge in [-0.1, -0.05) is 6.92 Å². The van der Waals surface area contributed by atoms with Crippen LogP contribution in [0.15, 0.2) is 0 Å². The fourth-order valence-electron chi connectivity index (χ4n) is 1.47. The molecular weight excluding hydrogens is 260 g/mol. The molecule has 0 heterocycles. The molecule has 19 heavy (non-hydrogen) atoms. The second-order valence-corrected chi connectivity index (χ2v) is 7.03. The van der Waals surface area contributed by atoms with Crippen LogP contribution in [-0.4, -0.2) is 42.3 Å². The molecule has 0 bridgehead atoms. The number of amides is 1. The molecule has 0 aromatic rings. The number of nitrogens with one attached hydrogen (secondary N) is 2. The zero-order valence-electron chi connectivity index (χ0n) is 13.0. The molecule has 1 atom stereocenters. The van der Waals surface area contributed by atoms with Gasteiger partial charge in [0.15, 0.2) is 0 Å². The van der Waals surface area contributed by atoms with Gasteiger partial charge < -0.3 is 15.4 Å². The van der Waals surface area contributed by atoms with Gasteiger partial charge in [-0.3, -0.25) is 0 Å². The van der Waals surface area contributed by atoms with Gasteiger partial charge >= 0.3 is 6.09 Å². The van der Waals surface area contributed by atoms with E-state index in [0.29, 0.717) is 0 Å². The zero-order valence-corrected chi connectivity index (χ0v) is 13.9. The Morgan fingerprint density at radius 3 is 2.58 bits per heavy atom. The maximum atomic E-state index is 11.5. The van der Waals surface area contributed by atoms with E-state index in [-0.39, 0.29) is 12.1 Å². The van der Waals surface area contributed by atoms with Crippen molar-refractivity contribution in [3.8, 4) is 0 Å². The molecule has 2 N–H and O–H groups in total. The molecule has 0 rings (SSSR count). The Hall–Kier alpha value is -0.420. The van der Waals surface area contributed by atoms with Crippen molar-refractivity contribution < 1.29 is 9.53 Å². The van der Waals surface area contributed by atoms with Crippen molar-refractivity contribution >= 4 is 17.9 Å². The number of carbonyl (C=O) groups is 1. The largest absolute Gasteiger partial charge is 0.444 e. The Labute approximate surface area is 122 Å². The SMILES string of the molecule is CCSCCCNCCC(C)NC(=O)OC(C)(C)C. The van der Waals surface area contributed by atoms with Gasteiger partial charge in [0.1, 0.15) is 5.60 Å². The molecule has 0 aliphatic carbocycles. The number of ether oxygens (including phenoxy) is 1. The standard InChI is InChI=1S/C14H30N2O2S/c1-6-19-11-7-9-15-10-8-12(2)16-13(17)18-14(3,4)5/h12,15H,6-11H2,1-5H3,(H,16,17). The summed E-state index contributed by atoms with van der Waals surface area (Å²) in [6.45, 7) is 11.8. The van der Waals surface area contributed by atoms with E-state index in [0.717, 1.165) is 19.5 Å². The quantitative estimate of drug-likeness (QED) is 0.641. The smallest absolute Gasteiger partial charge is 0.407 e. The topological polar surface area (TPSA) is 50.4 Å². The van der Waals surface area contributed by atoms with E-state index in [4.69, 9.17) is 4.74 Å². The van der Waals surface area contributed by atoms with E-state index in [2.05, 4.69) is 17.6 Å². The van der Waals surface area contributed by atoms with Crippen molar-refractivity contribution in [2.24, 2.45) is 0 Å². The number of rotatable bonds is 9. The van der Waals surface area contributed by atoms with Crippen LogP contribution in [0.5, 0.6) is 0 Å². The molecule has 1 unspecified atom stereocenters. The van der Waals surface area contributed by atoms with Crippen LogP contribution < -0.4 is 10.6 Å². The zero-order chi connectivity index (χ0) is 14.7. The van der Waals surface area contributed by atoms with Gasteiger partial charge in [-0.25, -0.2) is 4.79 Å². The molecule has 0 aliphatic rings. The normalized spacial score (nSPS) is 13.1. The van der Waals surface area contributed by atoms with Gasteiger partial charge in [-0.2, -0.15) is 11.8 Å². The molecule has 1 amide bonds. The highest BCUT2D eigenvalue weighted by Crippen LogP contribution is 2.07. The fourth-order valence-corrected chi connectivity index (χ4v) is 2.11. The van der Waals surface area contributed by atoms with Crippen LogP contribution in [0.4, 0.5) is 4.79 Å². The van der Waals surface area contributed by atoms with Gasteiger partial charge in [0.2, 0.25) is 0 Å². The highest BCUT2D eigenvalue weighted by Gasteiger charge is 2.17. The first-order chi connectivity index (χ1) is 8.85. The average Bonchev–Trinajstić information content (AvgIpc) is 2.25. The summed E-state index contributed by atoms with van der Waals surface area (Å²) < 4.78 is 5.21. The Balaban J connectivity index is 3.49. The van der Waals surface area contributed by atoms with Crippen molar-refractivity contribution in [2.45, 2.75) is 59.1 Å². The minimum Gasteiger partial charge on any atom is -0.444 e. The molecule has 0 fully saturated rings. The second-order valence-electron chi connectivity index (χ2n) is 5.64. The summed E-state index contributed by atoms with van der Waals surface area (Å²) in [5, 5.41) is 6.23. The second kappa shape index (κ2) is 10.4. The molecule has 0 aromatic carbocycles. The minimum absolute atomic E-state index is 0.132. The molecule has 0 saturated carbocycles. The van der Waals surface area contributed by atoms with Crippen LogP contribution in [0.25, 0.3) is 0 Å². The summed E-state index contributed by atoms with van der Waals surface area (Å²) in [6.07, 6.45) is 1.78. The molecular formula is C14H30N2O2S. The lowest BCUT2D eigenvalue weighted by atomic mass is 10.2. The predicted octanol–water partition coefficient (Wildman–Crippen LogP) is 3.02. The summed E-state index contributed by atoms with van der Waals surface area (Å²) in [5.74, 6) is 2.41. The molecule has 0 spiro atoms. The summed E-state index contributed by atoms with van der Waals surface area (Å²) in [4.78, 5) is 11.5. The lowest BCUT2D eigenvalue weighted by Gasteiger charge is -2.22. The first kappa shape index (κ1) is 18.6. The lowest BCUT2D eigenvalue weighted by molar-refractivity contribution is 0.0506. The van der Waals surface area contributed by atoms with Crippen molar-refractivity contribution in [3.05, 3.63) is 0 Å². The molecule has 0 saturated heterocycles. The monoisotopic (exact) mass is 290 g/mol. The van der Waals surface area contributed by atoms with Crippen LogP contribution >= 0.6 is 11.8 Å². The maximum absolute atomic E-state index is 11.5. The van der Waals surface area contributed by atoms with E-state index in [1.807, 2.05) is 39.5 Å². The molecule has 4 nitrogen and oxygen atoms in total. The summed E-state index contributed by atoms with van der Waals surface area (Å²) in [7, 11) is 0. The predicted molar refractivity (Wildman–Crippen MR) is 83.9 cm³/mol. The number of hydrogen-bond acceptors (Lipinski definition) is 4. The average molecular weight is 290 g/mol. The number of thioether (sulfide) groups is 1. The molecule has 0 radical (unpaired) electrons. The minimum atomic E-state index is -0.432. The van der Waals surface area contributed by atoms with Gasteiger partial charge in [0.05, 0.1) is 0 Å². The van der Waals surface area contributed by atoms with E-state index in [1.54, 1.807) is 0 Å². The number of alkyl carbamates (subject to hydrolysis) is 1. The lowest BCUT2D eigenvalue weighted by Crippen LogP contribution is -2.39. The van der Waals surface area contributed by atoms with Gasteiger partial charge in [0.25, 0.3) is 0 Å². The number of carbonyl (C=O) groups excluding carboxylic acids is 1. The van der Waals surface area contributed by atoms with E-state index >= 15 is 0 Å². The van der Waals surface area contributed by atoms with Crippen LogP contribution in [-0.2, 0) is 4.74 Å². The molecule has 5 heteroatoms. The highest BCUT2D eigenvalue weighted by atomic mass is 32.2. The van der Waals surface area contributed by atoms with E-state index < -0.39 is 5.60 Å². The molecule has 0 aromatic heterocycles. The third-order valence-electron chi connectivity index (χ3n) is 2.36.